The third-order valence-electron chi connectivity index (χ3n) is 4.03. The molecule has 0 aliphatic carbocycles. The van der Waals surface area contributed by atoms with Crippen LogP contribution in [0.3, 0.4) is 0 Å². The molecule has 3 nitrogen and oxygen atoms in total. The van der Waals surface area contributed by atoms with Gasteiger partial charge in [-0.05, 0) is 32.1 Å². The van der Waals surface area contributed by atoms with Gasteiger partial charge in [-0.2, -0.15) is 0 Å². The largest absolute Gasteiger partial charge is 0.381 e. The Morgan fingerprint density at radius 2 is 2.06 bits per heavy atom. The molecule has 0 aromatic heterocycles. The van der Waals surface area contributed by atoms with E-state index in [0.717, 1.165) is 25.2 Å². The summed E-state index contributed by atoms with van der Waals surface area (Å²) in [4.78, 5) is 2.71. The zero-order chi connectivity index (χ0) is 11.4. The Labute approximate surface area is 99.5 Å². The van der Waals surface area contributed by atoms with Gasteiger partial charge in [-0.3, -0.25) is 4.90 Å². The summed E-state index contributed by atoms with van der Waals surface area (Å²) in [7, 11) is 0. The van der Waals surface area contributed by atoms with Crippen LogP contribution in [-0.4, -0.2) is 49.8 Å². The van der Waals surface area contributed by atoms with Crippen molar-refractivity contribution in [3.8, 4) is 0 Å². The van der Waals surface area contributed by atoms with Crippen LogP contribution in [0.15, 0.2) is 0 Å². The molecule has 94 valence electrons. The van der Waals surface area contributed by atoms with Gasteiger partial charge < -0.3 is 10.1 Å². The molecule has 3 heteroatoms. The molecule has 2 aliphatic heterocycles. The van der Waals surface area contributed by atoms with E-state index in [9.17, 15) is 0 Å². The van der Waals surface area contributed by atoms with E-state index in [2.05, 4.69) is 24.1 Å². The molecule has 0 aromatic rings. The highest BCUT2D eigenvalue weighted by atomic mass is 16.5. The van der Waals surface area contributed by atoms with Gasteiger partial charge in [0.05, 0.1) is 0 Å². The highest BCUT2D eigenvalue weighted by Gasteiger charge is 2.27. The second-order valence-electron chi connectivity index (χ2n) is 5.38. The van der Waals surface area contributed by atoms with Crippen molar-refractivity contribution in [2.75, 3.05) is 32.8 Å². The highest BCUT2D eigenvalue weighted by molar-refractivity contribution is 4.84. The molecular weight excluding hydrogens is 200 g/mol. The van der Waals surface area contributed by atoms with Gasteiger partial charge in [0.1, 0.15) is 0 Å². The van der Waals surface area contributed by atoms with Crippen LogP contribution in [0.25, 0.3) is 0 Å². The van der Waals surface area contributed by atoms with E-state index >= 15 is 0 Å². The number of nitrogens with zero attached hydrogens (tertiary/aromatic N) is 1. The van der Waals surface area contributed by atoms with Gasteiger partial charge in [0.25, 0.3) is 0 Å². The summed E-state index contributed by atoms with van der Waals surface area (Å²) in [5, 5.41) is 3.58. The lowest BCUT2D eigenvalue weighted by Crippen LogP contribution is -2.56. The summed E-state index contributed by atoms with van der Waals surface area (Å²) in [5.74, 6) is 0.869. The molecule has 0 bridgehead atoms. The maximum absolute atomic E-state index is 5.43. The zero-order valence-electron chi connectivity index (χ0n) is 10.7. The van der Waals surface area contributed by atoms with Crippen LogP contribution in [0.1, 0.15) is 33.1 Å². The lowest BCUT2D eigenvalue weighted by atomic mass is 9.97. The minimum absolute atomic E-state index is 0.655. The maximum Gasteiger partial charge on any atom is 0.0469 e. The lowest BCUT2D eigenvalue weighted by Gasteiger charge is -2.41. The van der Waals surface area contributed by atoms with Crippen LogP contribution >= 0.6 is 0 Å². The molecule has 16 heavy (non-hydrogen) atoms. The van der Waals surface area contributed by atoms with Crippen LogP contribution in [0, 0.1) is 5.92 Å². The molecule has 2 heterocycles. The quantitative estimate of drug-likeness (QED) is 0.789. The number of hydrogen-bond acceptors (Lipinski definition) is 3. The van der Waals surface area contributed by atoms with Gasteiger partial charge in [-0.1, -0.05) is 6.92 Å². The maximum atomic E-state index is 5.43. The Hall–Kier alpha value is -0.120. The molecule has 1 N–H and O–H groups in total. The van der Waals surface area contributed by atoms with Gasteiger partial charge in [-0.15, -0.1) is 0 Å². The predicted octanol–water partition coefficient (Wildman–Crippen LogP) is 1.49. The number of nitrogens with one attached hydrogen (secondary N) is 1. The van der Waals surface area contributed by atoms with E-state index in [0.29, 0.717) is 6.04 Å². The standard InChI is InChI=1S/C13H26N2O/c1-3-13-8-14-11(2)9-15(13)10-12-4-6-16-7-5-12/h11-14H,3-10H2,1-2H3. The summed E-state index contributed by atoms with van der Waals surface area (Å²) in [6.07, 6.45) is 3.78. The molecule has 0 amide bonds. The molecule has 2 aliphatic rings. The summed E-state index contributed by atoms with van der Waals surface area (Å²) in [5.41, 5.74) is 0. The van der Waals surface area contributed by atoms with Crippen LogP contribution < -0.4 is 5.32 Å². The average molecular weight is 226 g/mol. The molecule has 0 aromatic carbocycles. The first-order valence-electron chi connectivity index (χ1n) is 6.84. The van der Waals surface area contributed by atoms with E-state index in [4.69, 9.17) is 4.74 Å². The van der Waals surface area contributed by atoms with E-state index in [-0.39, 0.29) is 0 Å². The van der Waals surface area contributed by atoms with Crippen LogP contribution in [0.4, 0.5) is 0 Å². The number of hydrogen-bond donors (Lipinski definition) is 1. The monoisotopic (exact) mass is 226 g/mol. The fourth-order valence-corrected chi connectivity index (χ4v) is 2.92. The average Bonchev–Trinajstić information content (AvgIpc) is 2.31. The third-order valence-corrected chi connectivity index (χ3v) is 4.03. The van der Waals surface area contributed by atoms with Gasteiger partial charge in [0.2, 0.25) is 0 Å². The Bertz CT molecular complexity index is 204. The molecule has 2 fully saturated rings. The van der Waals surface area contributed by atoms with Crippen molar-refractivity contribution < 1.29 is 4.74 Å². The molecule has 0 saturated carbocycles. The predicted molar refractivity (Wildman–Crippen MR) is 66.7 cm³/mol. The van der Waals surface area contributed by atoms with Crippen molar-refractivity contribution in [2.45, 2.75) is 45.2 Å². The molecule has 2 rings (SSSR count). The Balaban J connectivity index is 1.84. The van der Waals surface area contributed by atoms with Gasteiger partial charge in [0.15, 0.2) is 0 Å². The minimum Gasteiger partial charge on any atom is -0.381 e. The summed E-state index contributed by atoms with van der Waals surface area (Å²) < 4.78 is 5.43. The third kappa shape index (κ3) is 3.19. The van der Waals surface area contributed by atoms with Crippen molar-refractivity contribution in [1.29, 1.82) is 0 Å². The lowest BCUT2D eigenvalue weighted by molar-refractivity contribution is 0.0360. The van der Waals surface area contributed by atoms with Crippen molar-refractivity contribution in [3.05, 3.63) is 0 Å². The van der Waals surface area contributed by atoms with Crippen LogP contribution in [0.2, 0.25) is 0 Å². The smallest absolute Gasteiger partial charge is 0.0469 e. The van der Waals surface area contributed by atoms with Crippen LogP contribution in [-0.2, 0) is 4.74 Å². The van der Waals surface area contributed by atoms with E-state index < -0.39 is 0 Å². The normalized spacial score (nSPS) is 34.1. The minimum atomic E-state index is 0.655. The zero-order valence-corrected chi connectivity index (χ0v) is 10.7. The molecule has 0 spiro atoms. The number of rotatable bonds is 3. The highest BCUT2D eigenvalue weighted by Crippen LogP contribution is 2.19. The molecule has 2 atom stereocenters. The van der Waals surface area contributed by atoms with Crippen molar-refractivity contribution in [1.82, 2.24) is 10.2 Å². The van der Waals surface area contributed by atoms with Gasteiger partial charge in [-0.25, -0.2) is 0 Å². The SMILES string of the molecule is CCC1CNC(C)CN1CC1CCOCC1. The fourth-order valence-electron chi connectivity index (χ4n) is 2.92. The van der Waals surface area contributed by atoms with Gasteiger partial charge >= 0.3 is 0 Å². The van der Waals surface area contributed by atoms with Crippen molar-refractivity contribution in [2.24, 2.45) is 5.92 Å². The fraction of sp³-hybridized carbons (Fsp3) is 1.00. The van der Waals surface area contributed by atoms with Gasteiger partial charge in [0, 0.05) is 44.9 Å². The van der Waals surface area contributed by atoms with Crippen molar-refractivity contribution >= 4 is 0 Å². The topological polar surface area (TPSA) is 24.5 Å². The second kappa shape index (κ2) is 5.99. The first-order valence-corrected chi connectivity index (χ1v) is 6.84. The van der Waals surface area contributed by atoms with Crippen molar-refractivity contribution in [3.63, 3.8) is 0 Å². The van der Waals surface area contributed by atoms with E-state index in [1.165, 1.54) is 38.9 Å². The molecular formula is C13H26N2O. The Morgan fingerprint density at radius 3 is 2.75 bits per heavy atom. The first kappa shape index (κ1) is 12.3. The molecule has 2 saturated heterocycles. The number of piperazine rings is 1. The first-order chi connectivity index (χ1) is 7.79. The number of ether oxygens (including phenoxy) is 1. The van der Waals surface area contributed by atoms with E-state index in [1.807, 2.05) is 0 Å². The summed E-state index contributed by atoms with van der Waals surface area (Å²) in [6.45, 7) is 10.2. The Morgan fingerprint density at radius 1 is 1.31 bits per heavy atom. The van der Waals surface area contributed by atoms with E-state index in [1.54, 1.807) is 0 Å². The Kier molecular flexibility index (Phi) is 4.62. The second-order valence-corrected chi connectivity index (χ2v) is 5.38. The van der Waals surface area contributed by atoms with Crippen LogP contribution in [0.5, 0.6) is 0 Å². The molecule has 2 unspecified atom stereocenters. The summed E-state index contributed by atoms with van der Waals surface area (Å²) in [6, 6.07) is 1.40. The summed E-state index contributed by atoms with van der Waals surface area (Å²) >= 11 is 0. The molecule has 0 radical (unpaired) electrons.